The molecule has 0 N–H and O–H groups in total. The number of aromatic nitrogens is 2. The van der Waals surface area contributed by atoms with E-state index in [0.29, 0.717) is 0 Å². The first kappa shape index (κ1) is 13.4. The van der Waals surface area contributed by atoms with Crippen molar-refractivity contribution < 1.29 is 0 Å². The Morgan fingerprint density at radius 3 is 2.72 bits per heavy atom. The molecule has 0 bridgehead atoms. The molecule has 0 unspecified atom stereocenters. The number of thioether (sulfide) groups is 1. The smallest absolute Gasteiger partial charge is 0.104 e. The molecule has 0 aliphatic carbocycles. The number of hydrogen-bond donors (Lipinski definition) is 0. The summed E-state index contributed by atoms with van der Waals surface area (Å²) in [6, 6.07) is 2.49. The van der Waals surface area contributed by atoms with E-state index in [-0.39, 0.29) is 4.75 Å². The van der Waals surface area contributed by atoms with E-state index in [4.69, 9.17) is 0 Å². The van der Waals surface area contributed by atoms with Gasteiger partial charge in [0.05, 0.1) is 12.4 Å². The second-order valence-corrected chi connectivity index (χ2v) is 6.00. The maximum Gasteiger partial charge on any atom is 0.104 e. The summed E-state index contributed by atoms with van der Waals surface area (Å²) in [6.07, 6.45) is 10.9. The van der Waals surface area contributed by atoms with Crippen molar-refractivity contribution in [1.29, 1.82) is 5.26 Å². The summed E-state index contributed by atoms with van der Waals surface area (Å²) in [5.74, 6) is 0. The molecule has 1 aromatic rings. The van der Waals surface area contributed by atoms with Crippen molar-refractivity contribution in [2.24, 2.45) is 0 Å². The molecule has 0 atom stereocenters. The molecule has 1 aliphatic heterocycles. The zero-order valence-corrected chi connectivity index (χ0v) is 11.7. The maximum atomic E-state index is 9.23. The predicted octanol–water partition coefficient (Wildman–Crippen LogP) is 1.99. The van der Waals surface area contributed by atoms with Crippen LogP contribution in [0.5, 0.6) is 0 Å². The Balaban J connectivity index is 1.69. The Bertz CT molecular complexity index is 388. The van der Waals surface area contributed by atoms with Crippen LogP contribution in [0.1, 0.15) is 19.3 Å². The van der Waals surface area contributed by atoms with E-state index in [1.54, 1.807) is 11.8 Å². The van der Waals surface area contributed by atoms with E-state index >= 15 is 0 Å². The molecular weight excluding hydrogens is 244 g/mol. The highest BCUT2D eigenvalue weighted by atomic mass is 32.2. The standard InChI is InChI=1S/C13H20N4S/c1-18-13(11-14)3-8-16(9-4-13)6-2-7-17-10-5-15-12-17/h5,10,12H,2-4,6-9H2,1H3. The molecule has 1 saturated heterocycles. The zero-order valence-electron chi connectivity index (χ0n) is 10.9. The summed E-state index contributed by atoms with van der Waals surface area (Å²) in [7, 11) is 0. The summed E-state index contributed by atoms with van der Waals surface area (Å²) < 4.78 is 1.99. The molecule has 0 aromatic carbocycles. The lowest BCUT2D eigenvalue weighted by Crippen LogP contribution is -2.42. The molecule has 1 aromatic heterocycles. The third-order valence-corrected chi connectivity index (χ3v) is 4.99. The fraction of sp³-hybridized carbons (Fsp3) is 0.692. The number of hydrogen-bond acceptors (Lipinski definition) is 4. The lowest BCUT2D eigenvalue weighted by Gasteiger charge is -2.36. The van der Waals surface area contributed by atoms with Crippen molar-refractivity contribution in [1.82, 2.24) is 14.5 Å². The lowest BCUT2D eigenvalue weighted by molar-refractivity contribution is 0.211. The van der Waals surface area contributed by atoms with E-state index < -0.39 is 0 Å². The molecule has 0 saturated carbocycles. The van der Waals surface area contributed by atoms with Crippen LogP contribution in [0.3, 0.4) is 0 Å². The van der Waals surface area contributed by atoms with Crippen LogP contribution in [-0.4, -0.2) is 45.1 Å². The average molecular weight is 264 g/mol. The number of likely N-dealkylation sites (tertiary alicyclic amines) is 1. The van der Waals surface area contributed by atoms with Gasteiger partial charge in [0.15, 0.2) is 0 Å². The Hall–Kier alpha value is -0.990. The van der Waals surface area contributed by atoms with Crippen LogP contribution in [-0.2, 0) is 6.54 Å². The lowest BCUT2D eigenvalue weighted by atomic mass is 9.97. The van der Waals surface area contributed by atoms with Gasteiger partial charge in [0.2, 0.25) is 0 Å². The van der Waals surface area contributed by atoms with Crippen molar-refractivity contribution >= 4 is 11.8 Å². The fourth-order valence-corrected chi connectivity index (χ4v) is 3.08. The van der Waals surface area contributed by atoms with Gasteiger partial charge in [-0.25, -0.2) is 4.98 Å². The van der Waals surface area contributed by atoms with E-state index in [1.807, 2.05) is 18.7 Å². The van der Waals surface area contributed by atoms with Gasteiger partial charge in [-0.3, -0.25) is 0 Å². The van der Waals surface area contributed by atoms with Crippen molar-refractivity contribution in [3.8, 4) is 6.07 Å². The first-order valence-electron chi connectivity index (χ1n) is 6.42. The third kappa shape index (κ3) is 3.27. The average Bonchev–Trinajstić information content (AvgIpc) is 2.93. The second kappa shape index (κ2) is 6.26. The zero-order chi connectivity index (χ0) is 12.8. The van der Waals surface area contributed by atoms with Gasteiger partial charge >= 0.3 is 0 Å². The molecule has 98 valence electrons. The molecule has 0 amide bonds. The summed E-state index contributed by atoms with van der Waals surface area (Å²) in [4.78, 5) is 6.51. The predicted molar refractivity (Wildman–Crippen MR) is 74.4 cm³/mol. The van der Waals surface area contributed by atoms with Crippen molar-refractivity contribution in [3.63, 3.8) is 0 Å². The molecule has 0 spiro atoms. The van der Waals surface area contributed by atoms with Crippen molar-refractivity contribution in [3.05, 3.63) is 18.7 Å². The van der Waals surface area contributed by atoms with Crippen LogP contribution >= 0.6 is 11.8 Å². The number of rotatable bonds is 5. The quantitative estimate of drug-likeness (QED) is 0.816. The minimum Gasteiger partial charge on any atom is -0.337 e. The SMILES string of the molecule is CSC1(C#N)CCN(CCCn2ccnc2)CC1. The molecule has 0 radical (unpaired) electrons. The van der Waals surface area contributed by atoms with Crippen LogP contribution in [0.2, 0.25) is 0 Å². The van der Waals surface area contributed by atoms with Gasteiger partial charge in [-0.1, -0.05) is 0 Å². The summed E-state index contributed by atoms with van der Waals surface area (Å²) in [5, 5.41) is 9.23. The van der Waals surface area contributed by atoms with E-state index in [2.05, 4.69) is 26.8 Å². The van der Waals surface area contributed by atoms with Gasteiger partial charge in [0.1, 0.15) is 4.75 Å². The maximum absolute atomic E-state index is 9.23. The minimum absolute atomic E-state index is 0.124. The molecule has 2 heterocycles. The first-order valence-corrected chi connectivity index (χ1v) is 7.65. The fourth-order valence-electron chi connectivity index (χ4n) is 2.40. The largest absolute Gasteiger partial charge is 0.337 e. The molecule has 18 heavy (non-hydrogen) atoms. The van der Waals surface area contributed by atoms with Crippen LogP contribution in [0.25, 0.3) is 0 Å². The number of imidazole rings is 1. The second-order valence-electron chi connectivity index (χ2n) is 4.81. The van der Waals surface area contributed by atoms with E-state index in [1.165, 1.54) is 0 Å². The molecule has 2 rings (SSSR count). The normalized spacial score (nSPS) is 19.6. The molecule has 1 aliphatic rings. The van der Waals surface area contributed by atoms with Gasteiger partial charge in [-0.05, 0) is 32.1 Å². The number of nitriles is 1. The summed E-state index contributed by atoms with van der Waals surface area (Å²) in [6.45, 7) is 4.26. The van der Waals surface area contributed by atoms with Crippen LogP contribution < -0.4 is 0 Å². The first-order chi connectivity index (χ1) is 8.78. The third-order valence-electron chi connectivity index (χ3n) is 3.71. The van der Waals surface area contributed by atoms with Gasteiger partial charge in [-0.15, -0.1) is 11.8 Å². The van der Waals surface area contributed by atoms with Gasteiger partial charge < -0.3 is 9.47 Å². The molecular formula is C13H20N4S. The Kier molecular flexibility index (Phi) is 4.67. The molecule has 5 heteroatoms. The molecule has 4 nitrogen and oxygen atoms in total. The highest BCUT2D eigenvalue weighted by Crippen LogP contribution is 2.33. The summed E-state index contributed by atoms with van der Waals surface area (Å²) >= 11 is 1.72. The van der Waals surface area contributed by atoms with E-state index in [9.17, 15) is 5.26 Å². The Morgan fingerprint density at radius 2 is 2.17 bits per heavy atom. The monoisotopic (exact) mass is 264 g/mol. The summed E-state index contributed by atoms with van der Waals surface area (Å²) in [5.41, 5.74) is 0. The van der Waals surface area contributed by atoms with Crippen LogP contribution in [0, 0.1) is 11.3 Å². The topological polar surface area (TPSA) is 44.9 Å². The van der Waals surface area contributed by atoms with Gasteiger partial charge in [0.25, 0.3) is 0 Å². The minimum atomic E-state index is -0.124. The van der Waals surface area contributed by atoms with Crippen LogP contribution in [0.15, 0.2) is 18.7 Å². The highest BCUT2D eigenvalue weighted by molar-refractivity contribution is 8.00. The van der Waals surface area contributed by atoms with Gasteiger partial charge in [-0.2, -0.15) is 5.26 Å². The van der Waals surface area contributed by atoms with E-state index in [0.717, 1.165) is 45.4 Å². The van der Waals surface area contributed by atoms with Crippen LogP contribution in [0.4, 0.5) is 0 Å². The highest BCUT2D eigenvalue weighted by Gasteiger charge is 2.33. The Labute approximate surface area is 113 Å². The van der Waals surface area contributed by atoms with Crippen molar-refractivity contribution in [2.45, 2.75) is 30.6 Å². The Morgan fingerprint density at radius 1 is 1.39 bits per heavy atom. The van der Waals surface area contributed by atoms with Gasteiger partial charge in [0, 0.05) is 32.0 Å². The number of nitrogens with zero attached hydrogens (tertiary/aromatic N) is 4. The molecule has 1 fully saturated rings. The van der Waals surface area contributed by atoms with Crippen molar-refractivity contribution in [2.75, 3.05) is 25.9 Å². The number of aryl methyl sites for hydroxylation is 1. The number of piperidine rings is 1.